The molecule has 0 unspecified atom stereocenters. The Hall–Kier alpha value is -2.13. The molecule has 0 aliphatic carbocycles. The first kappa shape index (κ1) is 15.3. The maximum atomic E-state index is 11.8. The Balaban J connectivity index is 2.49. The summed E-state index contributed by atoms with van der Waals surface area (Å²) in [5.41, 5.74) is 1.44. The summed E-state index contributed by atoms with van der Waals surface area (Å²) in [6, 6.07) is 7.68. The van der Waals surface area contributed by atoms with Crippen LogP contribution in [0.4, 0.5) is 0 Å². The highest BCUT2D eigenvalue weighted by molar-refractivity contribution is 8.02. The molecule has 21 heavy (non-hydrogen) atoms. The number of carbonyl (C=O) groups is 1. The van der Waals surface area contributed by atoms with Crippen molar-refractivity contribution in [1.29, 1.82) is 5.26 Å². The summed E-state index contributed by atoms with van der Waals surface area (Å²) in [5, 5.41) is 12.8. The van der Waals surface area contributed by atoms with Gasteiger partial charge in [-0.15, -0.1) is 11.8 Å². The SMILES string of the molecule is COc1ccc([C@H]2CC(=O)NC(SC)=C2C#N)cc1OC. The van der Waals surface area contributed by atoms with E-state index in [1.54, 1.807) is 20.3 Å². The molecule has 5 nitrogen and oxygen atoms in total. The number of ether oxygens (including phenoxy) is 2. The molecule has 1 heterocycles. The van der Waals surface area contributed by atoms with Gasteiger partial charge in [0.1, 0.15) is 0 Å². The van der Waals surface area contributed by atoms with Crippen LogP contribution in [0.5, 0.6) is 11.5 Å². The van der Waals surface area contributed by atoms with E-state index in [1.807, 2.05) is 18.4 Å². The number of carbonyl (C=O) groups excluding carboxylic acids is 1. The van der Waals surface area contributed by atoms with Crippen LogP contribution < -0.4 is 14.8 Å². The van der Waals surface area contributed by atoms with Crippen LogP contribution in [-0.2, 0) is 4.79 Å². The van der Waals surface area contributed by atoms with Crippen molar-refractivity contribution in [2.75, 3.05) is 20.5 Å². The summed E-state index contributed by atoms with van der Waals surface area (Å²) in [5.74, 6) is 0.863. The topological polar surface area (TPSA) is 71.3 Å². The minimum Gasteiger partial charge on any atom is -0.493 e. The van der Waals surface area contributed by atoms with Crippen molar-refractivity contribution < 1.29 is 14.3 Å². The zero-order valence-corrected chi connectivity index (χ0v) is 12.9. The monoisotopic (exact) mass is 304 g/mol. The Morgan fingerprint density at radius 2 is 2.05 bits per heavy atom. The van der Waals surface area contributed by atoms with Crippen molar-refractivity contribution in [3.63, 3.8) is 0 Å². The van der Waals surface area contributed by atoms with Crippen LogP contribution in [0, 0.1) is 11.3 Å². The fraction of sp³-hybridized carbons (Fsp3) is 0.333. The number of hydrogen-bond acceptors (Lipinski definition) is 5. The number of nitrogens with one attached hydrogen (secondary N) is 1. The van der Waals surface area contributed by atoms with Crippen molar-refractivity contribution >= 4 is 17.7 Å². The molecule has 0 fully saturated rings. The van der Waals surface area contributed by atoms with Gasteiger partial charge in [-0.25, -0.2) is 0 Å². The van der Waals surface area contributed by atoms with Gasteiger partial charge in [0.05, 0.1) is 30.9 Å². The highest BCUT2D eigenvalue weighted by Crippen LogP contribution is 2.38. The van der Waals surface area contributed by atoms with Gasteiger partial charge < -0.3 is 14.8 Å². The smallest absolute Gasteiger partial charge is 0.225 e. The molecule has 1 atom stereocenters. The Labute approximate surface area is 127 Å². The molecule has 0 spiro atoms. The lowest BCUT2D eigenvalue weighted by atomic mass is 9.87. The lowest BCUT2D eigenvalue weighted by Crippen LogP contribution is -2.30. The first-order chi connectivity index (χ1) is 10.1. The lowest BCUT2D eigenvalue weighted by Gasteiger charge is -2.25. The molecular formula is C15H16N2O3S. The molecule has 2 rings (SSSR count). The van der Waals surface area contributed by atoms with E-state index >= 15 is 0 Å². The van der Waals surface area contributed by atoms with Gasteiger partial charge in [-0.3, -0.25) is 4.79 Å². The number of nitrogens with zero attached hydrogens (tertiary/aromatic N) is 1. The summed E-state index contributed by atoms with van der Waals surface area (Å²) in [6.07, 6.45) is 2.09. The van der Waals surface area contributed by atoms with Crippen LogP contribution in [0.2, 0.25) is 0 Å². The summed E-state index contributed by atoms with van der Waals surface area (Å²) in [6.45, 7) is 0. The average Bonchev–Trinajstić information content (AvgIpc) is 2.53. The standard InChI is InChI=1S/C15H16N2O3S/c1-19-12-5-4-9(6-13(12)20-2)10-7-14(18)17-15(21-3)11(10)8-16/h4-6,10H,7H2,1-3H3,(H,17,18)/t10-/m1/s1. The van der Waals surface area contributed by atoms with Crippen molar-refractivity contribution in [1.82, 2.24) is 5.32 Å². The van der Waals surface area contributed by atoms with Gasteiger partial charge in [0.15, 0.2) is 11.5 Å². The van der Waals surface area contributed by atoms with E-state index in [-0.39, 0.29) is 18.2 Å². The predicted octanol–water partition coefficient (Wildman–Crippen LogP) is 2.41. The number of methoxy groups -OCH3 is 2. The molecule has 1 aromatic carbocycles. The Kier molecular flexibility index (Phi) is 4.76. The van der Waals surface area contributed by atoms with Crippen LogP contribution in [0.1, 0.15) is 17.9 Å². The van der Waals surface area contributed by atoms with Gasteiger partial charge in [0.2, 0.25) is 5.91 Å². The number of hydrogen-bond donors (Lipinski definition) is 1. The second-order valence-corrected chi connectivity index (χ2v) is 5.29. The number of amides is 1. The van der Waals surface area contributed by atoms with Crippen LogP contribution in [0.15, 0.2) is 28.8 Å². The molecule has 1 aromatic rings. The minimum atomic E-state index is -0.258. The van der Waals surface area contributed by atoms with Gasteiger partial charge >= 0.3 is 0 Å². The molecule has 1 aliphatic rings. The van der Waals surface area contributed by atoms with Crippen molar-refractivity contribution in [2.45, 2.75) is 12.3 Å². The van der Waals surface area contributed by atoms with Crippen LogP contribution in [-0.4, -0.2) is 26.4 Å². The van der Waals surface area contributed by atoms with Crippen LogP contribution in [0.3, 0.4) is 0 Å². The summed E-state index contributed by atoms with van der Waals surface area (Å²) in [7, 11) is 3.13. The molecule has 0 aromatic heterocycles. The molecule has 1 aliphatic heterocycles. The molecule has 0 saturated heterocycles. The molecule has 0 bridgehead atoms. The van der Waals surface area contributed by atoms with Gasteiger partial charge in [-0.05, 0) is 24.0 Å². The number of nitriles is 1. The zero-order chi connectivity index (χ0) is 15.4. The molecular weight excluding hydrogens is 288 g/mol. The maximum Gasteiger partial charge on any atom is 0.225 e. The second kappa shape index (κ2) is 6.55. The van der Waals surface area contributed by atoms with E-state index in [2.05, 4.69) is 11.4 Å². The molecule has 0 saturated carbocycles. The van der Waals surface area contributed by atoms with Crippen molar-refractivity contribution in [3.05, 3.63) is 34.4 Å². The van der Waals surface area contributed by atoms with E-state index in [4.69, 9.17) is 9.47 Å². The maximum absolute atomic E-state index is 11.8. The third kappa shape index (κ3) is 2.98. The largest absolute Gasteiger partial charge is 0.493 e. The predicted molar refractivity (Wildman–Crippen MR) is 81.2 cm³/mol. The number of allylic oxidation sites excluding steroid dienone is 1. The van der Waals surface area contributed by atoms with E-state index < -0.39 is 0 Å². The molecule has 1 amide bonds. The number of rotatable bonds is 4. The quantitative estimate of drug-likeness (QED) is 0.925. The van der Waals surface area contributed by atoms with E-state index in [0.29, 0.717) is 22.1 Å². The third-order valence-corrected chi connectivity index (χ3v) is 4.10. The van der Waals surface area contributed by atoms with Gasteiger partial charge in [0, 0.05) is 12.3 Å². The fourth-order valence-corrected chi connectivity index (χ4v) is 2.96. The van der Waals surface area contributed by atoms with E-state index in [1.165, 1.54) is 11.8 Å². The van der Waals surface area contributed by atoms with Crippen molar-refractivity contribution in [2.24, 2.45) is 0 Å². The minimum absolute atomic E-state index is 0.0851. The molecule has 6 heteroatoms. The number of benzene rings is 1. The summed E-state index contributed by atoms with van der Waals surface area (Å²) in [4.78, 5) is 11.8. The Morgan fingerprint density at radius 3 is 2.62 bits per heavy atom. The zero-order valence-electron chi connectivity index (χ0n) is 12.1. The average molecular weight is 304 g/mol. The summed E-state index contributed by atoms with van der Waals surface area (Å²) < 4.78 is 10.5. The Morgan fingerprint density at radius 1 is 1.33 bits per heavy atom. The van der Waals surface area contributed by atoms with Gasteiger partial charge in [0.25, 0.3) is 0 Å². The van der Waals surface area contributed by atoms with Crippen LogP contribution >= 0.6 is 11.8 Å². The number of thioether (sulfide) groups is 1. The second-order valence-electron chi connectivity index (χ2n) is 4.48. The highest BCUT2D eigenvalue weighted by Gasteiger charge is 2.29. The van der Waals surface area contributed by atoms with E-state index in [0.717, 1.165) is 5.56 Å². The van der Waals surface area contributed by atoms with Crippen LogP contribution in [0.25, 0.3) is 0 Å². The fourth-order valence-electron chi connectivity index (χ4n) is 2.33. The Bertz CT molecular complexity index is 634. The lowest BCUT2D eigenvalue weighted by molar-refractivity contribution is -0.120. The highest BCUT2D eigenvalue weighted by atomic mass is 32.2. The van der Waals surface area contributed by atoms with Gasteiger partial charge in [-0.2, -0.15) is 5.26 Å². The first-order valence-electron chi connectivity index (χ1n) is 6.34. The molecule has 1 N–H and O–H groups in total. The molecule has 0 radical (unpaired) electrons. The third-order valence-electron chi connectivity index (χ3n) is 3.37. The molecule has 110 valence electrons. The van der Waals surface area contributed by atoms with E-state index in [9.17, 15) is 10.1 Å². The summed E-state index contributed by atoms with van der Waals surface area (Å²) >= 11 is 1.37. The normalized spacial score (nSPS) is 18.0. The first-order valence-corrected chi connectivity index (χ1v) is 7.57. The van der Waals surface area contributed by atoms with Gasteiger partial charge in [-0.1, -0.05) is 6.07 Å². The van der Waals surface area contributed by atoms with Crippen molar-refractivity contribution in [3.8, 4) is 17.6 Å².